The van der Waals surface area contributed by atoms with Crippen molar-refractivity contribution in [2.24, 2.45) is 7.05 Å². The van der Waals surface area contributed by atoms with Gasteiger partial charge in [0.05, 0.1) is 11.9 Å². The summed E-state index contributed by atoms with van der Waals surface area (Å²) >= 11 is 0. The van der Waals surface area contributed by atoms with Crippen LogP contribution in [0.25, 0.3) is 0 Å². The number of fused-ring (bicyclic) bond motifs is 2. The van der Waals surface area contributed by atoms with Crippen molar-refractivity contribution in [2.45, 2.75) is 36.0 Å². The number of hydrogen-bond acceptors (Lipinski definition) is 7. The zero-order valence-electron chi connectivity index (χ0n) is 16.9. The molecule has 160 valence electrons. The van der Waals surface area contributed by atoms with Gasteiger partial charge in [-0.05, 0) is 31.7 Å². The fourth-order valence-corrected chi connectivity index (χ4v) is 6.03. The van der Waals surface area contributed by atoms with Gasteiger partial charge in [-0.25, -0.2) is 23.1 Å². The molecule has 0 saturated carbocycles. The van der Waals surface area contributed by atoms with E-state index in [4.69, 9.17) is 4.98 Å². The van der Waals surface area contributed by atoms with E-state index in [1.54, 1.807) is 24.0 Å². The fourth-order valence-electron chi connectivity index (χ4n) is 4.70. The predicted octanol–water partition coefficient (Wildman–Crippen LogP) is 0.276. The number of sulfonamides is 1. The molecule has 5 heterocycles. The molecular weight excluding hydrogens is 406 g/mol. The van der Waals surface area contributed by atoms with Crippen LogP contribution in [0.5, 0.6) is 0 Å². The predicted molar refractivity (Wildman–Crippen MR) is 109 cm³/mol. The van der Waals surface area contributed by atoms with Gasteiger partial charge in [0.2, 0.25) is 16.0 Å². The summed E-state index contributed by atoms with van der Waals surface area (Å²) in [4.78, 5) is 26.1. The molecule has 1 N–H and O–H groups in total. The van der Waals surface area contributed by atoms with Crippen LogP contribution in [-0.2, 0) is 22.5 Å². The highest BCUT2D eigenvalue weighted by atomic mass is 32.2. The lowest BCUT2D eigenvalue weighted by molar-refractivity contribution is 0.0649. The smallest absolute Gasteiger partial charge is 0.272 e. The van der Waals surface area contributed by atoms with Crippen LogP contribution in [0, 0.1) is 0 Å². The normalized spacial score (nSPS) is 22.3. The minimum atomic E-state index is -3.61. The fraction of sp³-hybridized carbons (Fsp3) is 0.579. The summed E-state index contributed by atoms with van der Waals surface area (Å²) < 4.78 is 29.5. The Hall–Kier alpha value is -2.53. The van der Waals surface area contributed by atoms with Crippen LogP contribution >= 0.6 is 0 Å². The molecule has 2 saturated heterocycles. The second-order valence-corrected chi connectivity index (χ2v) is 10.0. The summed E-state index contributed by atoms with van der Waals surface area (Å²) in [5.41, 5.74) is 0.724. The molecule has 0 aromatic carbocycles. The van der Waals surface area contributed by atoms with E-state index in [2.05, 4.69) is 19.7 Å². The number of carbonyl (C=O) groups excluding carboxylic acids is 1. The summed E-state index contributed by atoms with van der Waals surface area (Å²) in [5.74, 6) is 0.554. The van der Waals surface area contributed by atoms with E-state index in [-0.39, 0.29) is 10.8 Å². The van der Waals surface area contributed by atoms with E-state index in [9.17, 15) is 13.2 Å². The van der Waals surface area contributed by atoms with Gasteiger partial charge in [0.25, 0.3) is 5.91 Å². The number of amides is 1. The monoisotopic (exact) mass is 431 g/mol. The minimum Gasteiger partial charge on any atom is -0.341 e. The second-order valence-electron chi connectivity index (χ2n) is 8.31. The van der Waals surface area contributed by atoms with Crippen molar-refractivity contribution < 1.29 is 13.2 Å². The third-order valence-electron chi connectivity index (χ3n) is 6.57. The molecule has 0 aliphatic carbocycles. The molecule has 3 aliphatic rings. The molecular formula is C19H25N7O3S. The summed E-state index contributed by atoms with van der Waals surface area (Å²) in [6, 6.07) is 1.71. The van der Waals surface area contributed by atoms with E-state index in [1.165, 1.54) is 6.20 Å². The van der Waals surface area contributed by atoms with Crippen molar-refractivity contribution in [3.8, 4) is 0 Å². The zero-order valence-corrected chi connectivity index (χ0v) is 17.7. The van der Waals surface area contributed by atoms with E-state index < -0.39 is 15.4 Å². The maximum atomic E-state index is 12.9. The molecule has 1 amide bonds. The number of nitrogens with zero attached hydrogens (tertiary/aromatic N) is 6. The Bertz CT molecular complexity index is 1080. The Balaban J connectivity index is 1.45. The summed E-state index contributed by atoms with van der Waals surface area (Å²) in [7, 11) is -1.86. The molecule has 0 radical (unpaired) electrons. The number of aromatic nitrogens is 4. The van der Waals surface area contributed by atoms with E-state index in [0.717, 1.165) is 25.9 Å². The molecule has 0 bridgehead atoms. The highest BCUT2D eigenvalue weighted by Gasteiger charge is 2.46. The number of carbonyl (C=O) groups is 1. The first-order chi connectivity index (χ1) is 14.4. The van der Waals surface area contributed by atoms with Gasteiger partial charge in [-0.1, -0.05) is 0 Å². The first-order valence-electron chi connectivity index (χ1n) is 10.3. The van der Waals surface area contributed by atoms with Crippen LogP contribution in [0.15, 0.2) is 23.4 Å². The first kappa shape index (κ1) is 19.4. The summed E-state index contributed by atoms with van der Waals surface area (Å²) in [6.07, 6.45) is 6.53. The first-order valence-corrected chi connectivity index (χ1v) is 11.8. The van der Waals surface area contributed by atoms with Crippen LogP contribution in [0.1, 0.15) is 41.9 Å². The highest BCUT2D eigenvalue weighted by Crippen LogP contribution is 2.41. The van der Waals surface area contributed by atoms with Gasteiger partial charge >= 0.3 is 0 Å². The summed E-state index contributed by atoms with van der Waals surface area (Å²) in [5, 5.41) is 4.08. The largest absolute Gasteiger partial charge is 0.341 e. The SMILES string of the molecule is Cn1nccc1C(=O)N1CCC2(CC1)CNS(=O)(=O)c1cnc(N3CCCC3)nc12. The molecule has 1 spiro atoms. The van der Waals surface area contributed by atoms with Gasteiger partial charge in [-0.2, -0.15) is 5.10 Å². The lowest BCUT2D eigenvalue weighted by Crippen LogP contribution is -2.54. The molecule has 10 nitrogen and oxygen atoms in total. The van der Waals surface area contributed by atoms with Crippen molar-refractivity contribution in [3.63, 3.8) is 0 Å². The van der Waals surface area contributed by atoms with E-state index in [1.807, 2.05) is 4.90 Å². The van der Waals surface area contributed by atoms with Gasteiger partial charge in [-0.3, -0.25) is 9.48 Å². The average Bonchev–Trinajstić information content (AvgIpc) is 3.43. The number of hydrogen-bond donors (Lipinski definition) is 1. The molecule has 0 unspecified atom stereocenters. The Labute approximate surface area is 175 Å². The molecule has 5 rings (SSSR count). The Morgan fingerprint density at radius 3 is 2.57 bits per heavy atom. The van der Waals surface area contributed by atoms with Crippen molar-refractivity contribution >= 4 is 21.9 Å². The quantitative estimate of drug-likeness (QED) is 0.726. The molecule has 30 heavy (non-hydrogen) atoms. The Kier molecular flexibility index (Phi) is 4.55. The van der Waals surface area contributed by atoms with Gasteiger partial charge < -0.3 is 9.80 Å². The Morgan fingerprint density at radius 1 is 1.17 bits per heavy atom. The topological polar surface area (TPSA) is 113 Å². The molecule has 2 aromatic rings. The number of rotatable bonds is 2. The van der Waals surface area contributed by atoms with Crippen molar-refractivity contribution in [1.29, 1.82) is 0 Å². The minimum absolute atomic E-state index is 0.0538. The lowest BCUT2D eigenvalue weighted by atomic mass is 9.75. The maximum Gasteiger partial charge on any atom is 0.272 e. The van der Waals surface area contributed by atoms with Gasteiger partial charge in [0.15, 0.2) is 0 Å². The molecule has 11 heteroatoms. The zero-order chi connectivity index (χ0) is 20.9. The number of nitrogens with one attached hydrogen (secondary N) is 1. The van der Waals surface area contributed by atoms with E-state index >= 15 is 0 Å². The van der Waals surface area contributed by atoms with Crippen LogP contribution in [0.3, 0.4) is 0 Å². The van der Waals surface area contributed by atoms with E-state index in [0.29, 0.717) is 49.8 Å². The van der Waals surface area contributed by atoms with Crippen LogP contribution in [-0.4, -0.2) is 71.7 Å². The summed E-state index contributed by atoms with van der Waals surface area (Å²) in [6.45, 7) is 3.16. The Morgan fingerprint density at radius 2 is 1.90 bits per heavy atom. The van der Waals surface area contributed by atoms with Crippen molar-refractivity contribution in [3.05, 3.63) is 29.8 Å². The van der Waals surface area contributed by atoms with Crippen molar-refractivity contribution in [1.82, 2.24) is 29.4 Å². The number of anilines is 1. The third-order valence-corrected chi connectivity index (χ3v) is 7.97. The van der Waals surface area contributed by atoms with Crippen LogP contribution in [0.4, 0.5) is 5.95 Å². The molecule has 3 aliphatic heterocycles. The number of likely N-dealkylation sites (tertiary alicyclic amines) is 1. The maximum absolute atomic E-state index is 12.9. The van der Waals surface area contributed by atoms with Gasteiger partial charge in [-0.15, -0.1) is 0 Å². The second kappa shape index (κ2) is 7.02. The lowest BCUT2D eigenvalue weighted by Gasteiger charge is -2.44. The van der Waals surface area contributed by atoms with Crippen molar-refractivity contribution in [2.75, 3.05) is 37.6 Å². The van der Waals surface area contributed by atoms with Gasteiger partial charge in [0, 0.05) is 51.4 Å². The molecule has 0 atom stereocenters. The third kappa shape index (κ3) is 3.07. The van der Waals surface area contributed by atoms with Gasteiger partial charge in [0.1, 0.15) is 10.6 Å². The average molecular weight is 432 g/mol. The van der Waals surface area contributed by atoms with Crippen LogP contribution < -0.4 is 9.62 Å². The number of piperidine rings is 1. The highest BCUT2D eigenvalue weighted by molar-refractivity contribution is 7.89. The standard InChI is InChI=1S/C19H25N7O3S/c1-24-14(4-7-21-24)17(27)25-10-5-19(6-11-25)13-22-30(28,29)15-12-20-18(23-16(15)19)26-8-2-3-9-26/h4,7,12,22H,2-3,5-6,8-11,13H2,1H3. The molecule has 2 aromatic heterocycles. The number of aryl methyl sites for hydroxylation is 1. The van der Waals surface area contributed by atoms with Crippen LogP contribution in [0.2, 0.25) is 0 Å². The molecule has 2 fully saturated rings.